The van der Waals surface area contributed by atoms with Crippen molar-refractivity contribution in [3.05, 3.63) is 66.2 Å². The van der Waals surface area contributed by atoms with Crippen molar-refractivity contribution < 1.29 is 19.1 Å². The summed E-state index contributed by atoms with van der Waals surface area (Å²) in [4.78, 5) is 38.9. The van der Waals surface area contributed by atoms with Crippen molar-refractivity contribution in [2.24, 2.45) is 5.92 Å². The van der Waals surface area contributed by atoms with E-state index >= 15 is 0 Å². The van der Waals surface area contributed by atoms with E-state index in [4.69, 9.17) is 4.74 Å². The molecule has 0 radical (unpaired) electrons. The second-order valence-electron chi connectivity index (χ2n) is 6.30. The molecule has 5 nitrogen and oxygen atoms in total. The molecule has 1 heterocycles. The number of hydrogen-bond acceptors (Lipinski definition) is 4. The van der Waals surface area contributed by atoms with Crippen molar-refractivity contribution in [2.45, 2.75) is 25.9 Å². The monoisotopic (exact) mass is 351 g/mol. The lowest BCUT2D eigenvalue weighted by Crippen LogP contribution is -2.31. The Morgan fingerprint density at radius 3 is 2.31 bits per heavy atom. The Kier molecular flexibility index (Phi) is 5.46. The summed E-state index contributed by atoms with van der Waals surface area (Å²) in [5, 5.41) is 0. The van der Waals surface area contributed by atoms with E-state index in [1.807, 2.05) is 36.4 Å². The number of nitrogens with zero attached hydrogens (tertiary/aromatic N) is 1. The van der Waals surface area contributed by atoms with Gasteiger partial charge in [-0.1, -0.05) is 55.5 Å². The summed E-state index contributed by atoms with van der Waals surface area (Å²) < 4.78 is 5.46. The minimum absolute atomic E-state index is 0.101. The van der Waals surface area contributed by atoms with Gasteiger partial charge in [-0.15, -0.1) is 0 Å². The van der Waals surface area contributed by atoms with Gasteiger partial charge in [0.2, 0.25) is 11.7 Å². The van der Waals surface area contributed by atoms with Gasteiger partial charge in [-0.25, -0.2) is 0 Å². The molecule has 134 valence electrons. The Hall–Kier alpha value is -2.95. The molecule has 26 heavy (non-hydrogen) atoms. The van der Waals surface area contributed by atoms with Gasteiger partial charge in [-0.3, -0.25) is 14.4 Å². The predicted molar refractivity (Wildman–Crippen MR) is 97.8 cm³/mol. The second kappa shape index (κ2) is 7.95. The highest BCUT2D eigenvalue weighted by Gasteiger charge is 2.37. The molecule has 2 aromatic rings. The van der Waals surface area contributed by atoms with E-state index in [-0.39, 0.29) is 24.7 Å². The number of hydrogen-bond donors (Lipinski definition) is 0. The lowest BCUT2D eigenvalue weighted by Gasteiger charge is -2.19. The molecule has 3 rings (SSSR count). The van der Waals surface area contributed by atoms with Crippen LogP contribution in [-0.4, -0.2) is 30.3 Å². The van der Waals surface area contributed by atoms with Crippen LogP contribution >= 0.6 is 0 Å². The largest absolute Gasteiger partial charge is 0.454 e. The first-order valence-corrected chi connectivity index (χ1v) is 8.75. The summed E-state index contributed by atoms with van der Waals surface area (Å²) in [5.74, 6) is -1.38. The number of ether oxygens (including phenoxy) is 1. The van der Waals surface area contributed by atoms with E-state index in [0.29, 0.717) is 12.0 Å². The number of ketones is 1. The molecule has 1 fully saturated rings. The highest BCUT2D eigenvalue weighted by Crippen LogP contribution is 2.26. The van der Waals surface area contributed by atoms with Crippen LogP contribution in [0, 0.1) is 5.92 Å². The topological polar surface area (TPSA) is 63.7 Å². The zero-order chi connectivity index (χ0) is 18.5. The molecule has 1 saturated heterocycles. The van der Waals surface area contributed by atoms with Crippen LogP contribution < -0.4 is 4.90 Å². The van der Waals surface area contributed by atoms with Crippen LogP contribution in [0.4, 0.5) is 5.69 Å². The Morgan fingerprint density at radius 1 is 1.08 bits per heavy atom. The minimum Gasteiger partial charge on any atom is -0.454 e. The van der Waals surface area contributed by atoms with Crippen molar-refractivity contribution >= 4 is 23.3 Å². The van der Waals surface area contributed by atoms with Gasteiger partial charge in [0, 0.05) is 24.2 Å². The number of benzene rings is 2. The molecule has 0 aromatic heterocycles. The molecule has 1 aliphatic heterocycles. The van der Waals surface area contributed by atoms with Gasteiger partial charge in [0.05, 0.1) is 5.92 Å². The molecule has 0 bridgehead atoms. The molecule has 2 aromatic carbocycles. The SMILES string of the molecule is CC[C@@H](OC(=O)[C@H]1CC(=O)N(c2ccccc2)C1)C(=O)c1ccccc1. The first-order chi connectivity index (χ1) is 12.6. The van der Waals surface area contributed by atoms with Crippen LogP contribution in [0.15, 0.2) is 60.7 Å². The molecule has 0 aliphatic carbocycles. The van der Waals surface area contributed by atoms with E-state index in [2.05, 4.69) is 0 Å². The molecule has 2 atom stereocenters. The number of rotatable bonds is 6. The van der Waals surface area contributed by atoms with Crippen molar-refractivity contribution in [2.75, 3.05) is 11.4 Å². The van der Waals surface area contributed by atoms with Gasteiger partial charge in [-0.2, -0.15) is 0 Å². The average molecular weight is 351 g/mol. The fourth-order valence-corrected chi connectivity index (χ4v) is 3.07. The molecule has 1 amide bonds. The summed E-state index contributed by atoms with van der Waals surface area (Å²) in [6.07, 6.45) is -0.336. The van der Waals surface area contributed by atoms with Gasteiger partial charge in [-0.05, 0) is 18.6 Å². The molecular formula is C21H21NO4. The standard InChI is InChI=1S/C21H21NO4/c1-2-18(20(24)15-9-5-3-6-10-15)26-21(25)16-13-19(23)22(14-16)17-11-7-4-8-12-17/h3-12,16,18H,2,13-14H2,1H3/t16-,18+/m0/s1. The summed E-state index contributed by atoms with van der Waals surface area (Å²) in [7, 11) is 0. The van der Waals surface area contributed by atoms with E-state index in [9.17, 15) is 14.4 Å². The Morgan fingerprint density at radius 2 is 1.69 bits per heavy atom. The van der Waals surface area contributed by atoms with E-state index in [0.717, 1.165) is 5.69 Å². The van der Waals surface area contributed by atoms with E-state index in [1.165, 1.54) is 0 Å². The van der Waals surface area contributed by atoms with Crippen LogP contribution in [0.5, 0.6) is 0 Å². The Balaban J connectivity index is 1.66. The van der Waals surface area contributed by atoms with Crippen LogP contribution in [0.25, 0.3) is 0 Å². The van der Waals surface area contributed by atoms with Gasteiger partial charge in [0.15, 0.2) is 6.10 Å². The maximum Gasteiger partial charge on any atom is 0.312 e. The predicted octanol–water partition coefficient (Wildman–Crippen LogP) is 3.24. The number of para-hydroxylation sites is 1. The minimum atomic E-state index is -0.828. The van der Waals surface area contributed by atoms with Gasteiger partial charge >= 0.3 is 5.97 Å². The first kappa shape index (κ1) is 17.9. The maximum absolute atomic E-state index is 12.5. The van der Waals surface area contributed by atoms with Crippen molar-refractivity contribution in [3.63, 3.8) is 0 Å². The summed E-state index contributed by atoms with van der Waals surface area (Å²) in [6.45, 7) is 2.08. The zero-order valence-corrected chi connectivity index (χ0v) is 14.6. The third-order valence-corrected chi connectivity index (χ3v) is 4.51. The Bertz CT molecular complexity index is 788. The molecular weight excluding hydrogens is 330 g/mol. The van der Waals surface area contributed by atoms with Gasteiger partial charge < -0.3 is 9.64 Å². The molecule has 0 saturated carbocycles. The van der Waals surface area contributed by atoms with Crippen molar-refractivity contribution in [1.82, 2.24) is 0 Å². The quantitative estimate of drug-likeness (QED) is 0.592. The lowest BCUT2D eigenvalue weighted by atomic mass is 10.0. The number of anilines is 1. The fourth-order valence-electron chi connectivity index (χ4n) is 3.07. The number of carbonyl (C=O) groups is 3. The molecule has 0 N–H and O–H groups in total. The number of esters is 1. The molecule has 0 unspecified atom stereocenters. The normalized spacial score (nSPS) is 17.8. The van der Waals surface area contributed by atoms with Gasteiger partial charge in [0.1, 0.15) is 0 Å². The van der Waals surface area contributed by atoms with Crippen LogP contribution in [0.2, 0.25) is 0 Å². The molecule has 1 aliphatic rings. The number of amides is 1. The number of Topliss-reactive ketones (excluding diaryl/α,β-unsaturated/α-hetero) is 1. The Labute approximate surface area is 152 Å². The summed E-state index contributed by atoms with van der Waals surface area (Å²) in [6, 6.07) is 18.0. The highest BCUT2D eigenvalue weighted by atomic mass is 16.5. The molecule has 0 spiro atoms. The van der Waals surface area contributed by atoms with Crippen LogP contribution in [-0.2, 0) is 14.3 Å². The second-order valence-corrected chi connectivity index (χ2v) is 6.30. The smallest absolute Gasteiger partial charge is 0.312 e. The molecule has 5 heteroatoms. The van der Waals surface area contributed by atoms with E-state index in [1.54, 1.807) is 36.1 Å². The van der Waals surface area contributed by atoms with Crippen molar-refractivity contribution in [3.8, 4) is 0 Å². The maximum atomic E-state index is 12.5. The lowest BCUT2D eigenvalue weighted by molar-refractivity contribution is -0.151. The third-order valence-electron chi connectivity index (χ3n) is 4.51. The average Bonchev–Trinajstić information content (AvgIpc) is 3.08. The summed E-state index contributed by atoms with van der Waals surface area (Å²) >= 11 is 0. The summed E-state index contributed by atoms with van der Waals surface area (Å²) in [5.41, 5.74) is 1.28. The van der Waals surface area contributed by atoms with Crippen LogP contribution in [0.1, 0.15) is 30.1 Å². The first-order valence-electron chi connectivity index (χ1n) is 8.75. The highest BCUT2D eigenvalue weighted by molar-refractivity contribution is 6.02. The van der Waals surface area contributed by atoms with Gasteiger partial charge in [0.25, 0.3) is 0 Å². The van der Waals surface area contributed by atoms with E-state index < -0.39 is 18.0 Å². The zero-order valence-electron chi connectivity index (χ0n) is 14.6. The fraction of sp³-hybridized carbons (Fsp3) is 0.286. The third kappa shape index (κ3) is 3.82. The van der Waals surface area contributed by atoms with Crippen molar-refractivity contribution in [1.29, 1.82) is 0 Å². The number of carbonyl (C=O) groups excluding carboxylic acids is 3. The van der Waals surface area contributed by atoms with Crippen LogP contribution in [0.3, 0.4) is 0 Å².